The van der Waals surface area contributed by atoms with Crippen LogP contribution in [0.3, 0.4) is 0 Å². The molecule has 0 spiro atoms. The van der Waals surface area contributed by atoms with Gasteiger partial charge in [-0.15, -0.1) is 12.4 Å². The third kappa shape index (κ3) is 3.54. The average Bonchev–Trinajstić information content (AvgIpc) is 2.46. The number of benzene rings is 1. The molecule has 0 saturated carbocycles. The van der Waals surface area contributed by atoms with E-state index < -0.39 is 31.3 Å². The third-order valence-corrected chi connectivity index (χ3v) is 5.49. The van der Waals surface area contributed by atoms with Gasteiger partial charge in [0.1, 0.15) is 5.82 Å². The molecule has 1 aromatic rings. The Bertz CT molecular complexity index is 656. The maximum Gasteiger partial charge on any atom is 0.292 e. The first-order valence-electron chi connectivity index (χ1n) is 6.51. The molecule has 1 fully saturated rings. The van der Waals surface area contributed by atoms with Crippen LogP contribution < -0.4 is 5.73 Å². The van der Waals surface area contributed by atoms with Gasteiger partial charge in [0.05, 0.1) is 4.92 Å². The van der Waals surface area contributed by atoms with Gasteiger partial charge >= 0.3 is 0 Å². The summed E-state index contributed by atoms with van der Waals surface area (Å²) in [6.45, 7) is 0.694. The zero-order valence-electron chi connectivity index (χ0n) is 11.6. The molecule has 0 amide bonds. The van der Waals surface area contributed by atoms with E-state index in [9.17, 15) is 22.9 Å². The van der Waals surface area contributed by atoms with Gasteiger partial charge in [-0.3, -0.25) is 10.1 Å². The van der Waals surface area contributed by atoms with Gasteiger partial charge in [0.15, 0.2) is 4.90 Å². The van der Waals surface area contributed by atoms with Crippen LogP contribution >= 0.6 is 12.4 Å². The van der Waals surface area contributed by atoms with Gasteiger partial charge in [-0.25, -0.2) is 12.8 Å². The summed E-state index contributed by atoms with van der Waals surface area (Å²) in [5.74, 6) is -1.13. The fourth-order valence-corrected chi connectivity index (χ4v) is 4.22. The summed E-state index contributed by atoms with van der Waals surface area (Å²) in [5.41, 5.74) is 4.81. The standard InChI is InChI=1S/C12H16FN3O4S.ClH/c13-10-4-1-5-11(16(17)18)12(10)21(19,20)15-6-2-3-9(7-14)8-15;/h1,4-5,9H,2-3,6-8,14H2;1H. The number of halogens is 2. The fraction of sp³-hybridized carbons (Fsp3) is 0.500. The molecule has 7 nitrogen and oxygen atoms in total. The van der Waals surface area contributed by atoms with Crippen molar-refractivity contribution in [1.29, 1.82) is 0 Å². The molecule has 124 valence electrons. The van der Waals surface area contributed by atoms with Gasteiger partial charge in [0, 0.05) is 19.2 Å². The second kappa shape index (κ2) is 7.32. The highest BCUT2D eigenvalue weighted by Crippen LogP contribution is 2.31. The lowest BCUT2D eigenvalue weighted by Gasteiger charge is -2.31. The van der Waals surface area contributed by atoms with Gasteiger partial charge in [-0.1, -0.05) is 6.07 Å². The quantitative estimate of drug-likeness (QED) is 0.652. The van der Waals surface area contributed by atoms with Crippen molar-refractivity contribution in [2.45, 2.75) is 17.7 Å². The molecular formula is C12H17ClFN3O4S. The molecule has 22 heavy (non-hydrogen) atoms. The van der Waals surface area contributed by atoms with E-state index in [2.05, 4.69) is 0 Å². The lowest BCUT2D eigenvalue weighted by atomic mass is 10.0. The summed E-state index contributed by atoms with van der Waals surface area (Å²) < 4.78 is 40.1. The Balaban J connectivity index is 0.00000242. The van der Waals surface area contributed by atoms with Crippen LogP contribution in [0.1, 0.15) is 12.8 Å². The van der Waals surface area contributed by atoms with E-state index in [4.69, 9.17) is 5.73 Å². The van der Waals surface area contributed by atoms with Crippen molar-refractivity contribution in [3.8, 4) is 0 Å². The number of piperidine rings is 1. The van der Waals surface area contributed by atoms with E-state index in [1.54, 1.807) is 0 Å². The minimum Gasteiger partial charge on any atom is -0.330 e. The highest BCUT2D eigenvalue weighted by molar-refractivity contribution is 7.89. The second-order valence-electron chi connectivity index (χ2n) is 4.95. The Labute approximate surface area is 133 Å². The monoisotopic (exact) mass is 353 g/mol. The number of sulfonamides is 1. The summed E-state index contributed by atoms with van der Waals surface area (Å²) in [6.07, 6.45) is 1.39. The molecule has 1 heterocycles. The molecule has 0 aliphatic carbocycles. The normalized spacial score (nSPS) is 19.5. The molecule has 0 aromatic heterocycles. The van der Waals surface area contributed by atoms with Crippen molar-refractivity contribution in [1.82, 2.24) is 4.31 Å². The van der Waals surface area contributed by atoms with E-state index in [1.807, 2.05) is 0 Å². The van der Waals surface area contributed by atoms with Crippen molar-refractivity contribution >= 4 is 28.1 Å². The highest BCUT2D eigenvalue weighted by atomic mass is 35.5. The Morgan fingerprint density at radius 2 is 2.14 bits per heavy atom. The first-order chi connectivity index (χ1) is 9.87. The average molecular weight is 354 g/mol. The van der Waals surface area contributed by atoms with Crippen LogP contribution in [0.5, 0.6) is 0 Å². The van der Waals surface area contributed by atoms with Gasteiger partial charge in [0.25, 0.3) is 15.7 Å². The molecule has 2 N–H and O–H groups in total. The Morgan fingerprint density at radius 1 is 1.45 bits per heavy atom. The Kier molecular flexibility index (Phi) is 6.24. The first-order valence-corrected chi connectivity index (χ1v) is 7.95. The smallest absolute Gasteiger partial charge is 0.292 e. The van der Waals surface area contributed by atoms with Crippen molar-refractivity contribution in [3.63, 3.8) is 0 Å². The number of nitro groups is 1. The van der Waals surface area contributed by atoms with E-state index in [-0.39, 0.29) is 31.4 Å². The maximum atomic E-state index is 13.9. The van der Waals surface area contributed by atoms with Gasteiger partial charge in [-0.2, -0.15) is 4.31 Å². The van der Waals surface area contributed by atoms with Crippen LogP contribution in [0, 0.1) is 21.8 Å². The number of nitrogens with zero attached hydrogens (tertiary/aromatic N) is 2. The molecule has 1 aliphatic heterocycles. The van der Waals surface area contributed by atoms with E-state index in [0.717, 1.165) is 28.9 Å². The predicted octanol–water partition coefficient (Wildman–Crippen LogP) is 1.52. The molecule has 1 aliphatic rings. The summed E-state index contributed by atoms with van der Waals surface area (Å²) in [6, 6.07) is 3.01. The molecule has 0 radical (unpaired) electrons. The lowest BCUT2D eigenvalue weighted by molar-refractivity contribution is -0.388. The van der Waals surface area contributed by atoms with E-state index in [0.29, 0.717) is 13.0 Å². The van der Waals surface area contributed by atoms with E-state index in [1.165, 1.54) is 0 Å². The first kappa shape index (κ1) is 18.8. The minimum absolute atomic E-state index is 0. The molecule has 2 rings (SSSR count). The summed E-state index contributed by atoms with van der Waals surface area (Å²) in [7, 11) is -4.25. The molecule has 1 aromatic carbocycles. The number of hydrogen-bond donors (Lipinski definition) is 1. The summed E-state index contributed by atoms with van der Waals surface area (Å²) in [5, 5.41) is 11.0. The van der Waals surface area contributed by atoms with Crippen LogP contribution in [0.15, 0.2) is 23.1 Å². The van der Waals surface area contributed by atoms with Crippen LogP contribution in [-0.2, 0) is 10.0 Å². The summed E-state index contributed by atoms with van der Waals surface area (Å²) in [4.78, 5) is 9.20. The number of hydrogen-bond acceptors (Lipinski definition) is 5. The maximum absolute atomic E-state index is 13.9. The minimum atomic E-state index is -4.25. The largest absolute Gasteiger partial charge is 0.330 e. The van der Waals surface area contributed by atoms with Gasteiger partial charge in [-0.05, 0) is 31.4 Å². The third-order valence-electron chi connectivity index (χ3n) is 3.56. The van der Waals surface area contributed by atoms with Crippen LogP contribution in [0.25, 0.3) is 0 Å². The second-order valence-corrected chi connectivity index (χ2v) is 6.83. The van der Waals surface area contributed by atoms with Crippen LogP contribution in [0.4, 0.5) is 10.1 Å². The zero-order valence-corrected chi connectivity index (χ0v) is 13.3. The van der Waals surface area contributed by atoms with E-state index >= 15 is 0 Å². The Hall–Kier alpha value is -1.29. The molecular weight excluding hydrogens is 337 g/mol. The topological polar surface area (TPSA) is 107 Å². The molecule has 0 bridgehead atoms. The van der Waals surface area contributed by atoms with Crippen molar-refractivity contribution in [3.05, 3.63) is 34.1 Å². The van der Waals surface area contributed by atoms with Crippen molar-refractivity contribution < 1.29 is 17.7 Å². The number of rotatable bonds is 4. The number of nitrogens with two attached hydrogens (primary N) is 1. The van der Waals surface area contributed by atoms with Crippen molar-refractivity contribution in [2.75, 3.05) is 19.6 Å². The highest BCUT2D eigenvalue weighted by Gasteiger charge is 2.37. The molecule has 1 saturated heterocycles. The lowest BCUT2D eigenvalue weighted by Crippen LogP contribution is -2.42. The van der Waals surface area contributed by atoms with Crippen LogP contribution in [-0.4, -0.2) is 37.3 Å². The summed E-state index contributed by atoms with van der Waals surface area (Å²) >= 11 is 0. The predicted molar refractivity (Wildman–Crippen MR) is 80.8 cm³/mol. The van der Waals surface area contributed by atoms with Crippen LogP contribution in [0.2, 0.25) is 0 Å². The Morgan fingerprint density at radius 3 is 2.73 bits per heavy atom. The SMILES string of the molecule is Cl.NCC1CCCN(S(=O)(=O)c2c(F)cccc2[N+](=O)[O-])C1. The van der Waals surface area contributed by atoms with Crippen molar-refractivity contribution in [2.24, 2.45) is 11.7 Å². The zero-order chi connectivity index (χ0) is 15.6. The van der Waals surface area contributed by atoms with Gasteiger partial charge in [0.2, 0.25) is 0 Å². The fourth-order valence-electron chi connectivity index (χ4n) is 2.46. The molecule has 1 atom stereocenters. The van der Waals surface area contributed by atoms with Gasteiger partial charge < -0.3 is 5.73 Å². The molecule has 10 heteroatoms. The molecule has 1 unspecified atom stereocenters. The number of nitro benzene ring substituents is 1.